The highest BCUT2D eigenvalue weighted by molar-refractivity contribution is 6.30. The molecule has 5 aromatic rings. The molecule has 0 aliphatic heterocycles. The summed E-state index contributed by atoms with van der Waals surface area (Å²) < 4.78 is 22.9. The van der Waals surface area contributed by atoms with Crippen molar-refractivity contribution in [3.8, 4) is 11.5 Å². The summed E-state index contributed by atoms with van der Waals surface area (Å²) in [4.78, 5) is 40.9. The van der Waals surface area contributed by atoms with Crippen LogP contribution in [0.5, 0.6) is 11.5 Å². The number of ether oxygens (including phenoxy) is 4. The van der Waals surface area contributed by atoms with Gasteiger partial charge in [0.05, 0.1) is 19.4 Å². The molecule has 0 heterocycles. The first-order valence-electron chi connectivity index (χ1n) is 21.2. The van der Waals surface area contributed by atoms with Gasteiger partial charge in [0.2, 0.25) is 0 Å². The summed E-state index contributed by atoms with van der Waals surface area (Å²) in [5.41, 5.74) is 7.85. The number of amides is 1. The van der Waals surface area contributed by atoms with Crippen molar-refractivity contribution in [3.63, 3.8) is 0 Å². The normalized spacial score (nSPS) is 11.5. The fraction of sp³-hybridized carbons (Fsp3) is 0.365. The standard InChI is InChI=1S/C52H61ClN2O7/c1-37-28-38(2)30-42(29-37)32-54-31-39-8-10-41(11-9-39)34-61-48(56)24-25-49(57)62-36-52(6,7)35-55(50(58)43-14-18-45(53)19-15-43)33-40-12-20-46(21-13-40)59-26-27-60-47-22-16-44(17-23-47)51(3,4)5/h8-23,28-30,54H,24-27,31-36H2,1-7H3. The van der Waals surface area contributed by atoms with E-state index in [1.54, 1.807) is 29.2 Å². The molecule has 10 heteroatoms. The average Bonchev–Trinajstić information content (AvgIpc) is 3.23. The fourth-order valence-corrected chi connectivity index (χ4v) is 7.01. The fourth-order valence-electron chi connectivity index (χ4n) is 6.88. The van der Waals surface area contributed by atoms with Crippen molar-refractivity contribution in [2.75, 3.05) is 26.4 Å². The summed E-state index contributed by atoms with van der Waals surface area (Å²) in [5, 5.41) is 4.01. The number of esters is 2. The molecule has 1 N–H and O–H groups in total. The Morgan fingerprint density at radius 1 is 0.613 bits per heavy atom. The topological polar surface area (TPSA) is 103 Å². The van der Waals surface area contributed by atoms with E-state index in [1.165, 1.54) is 22.3 Å². The van der Waals surface area contributed by atoms with Crippen LogP contribution in [0.25, 0.3) is 0 Å². The van der Waals surface area contributed by atoms with Crippen LogP contribution in [-0.2, 0) is 50.7 Å². The first kappa shape index (κ1) is 47.4. The van der Waals surface area contributed by atoms with Gasteiger partial charge < -0.3 is 29.2 Å². The predicted octanol–water partition coefficient (Wildman–Crippen LogP) is 10.7. The molecule has 0 aromatic heterocycles. The van der Waals surface area contributed by atoms with E-state index < -0.39 is 17.4 Å². The van der Waals surface area contributed by atoms with Gasteiger partial charge in [-0.15, -0.1) is 0 Å². The second kappa shape index (κ2) is 22.5. The zero-order valence-electron chi connectivity index (χ0n) is 37.2. The summed E-state index contributed by atoms with van der Waals surface area (Å²) in [5.74, 6) is 0.308. The maximum atomic E-state index is 13.9. The largest absolute Gasteiger partial charge is 0.490 e. The van der Waals surface area contributed by atoms with Gasteiger partial charge in [-0.2, -0.15) is 0 Å². The molecule has 0 bridgehead atoms. The van der Waals surface area contributed by atoms with Crippen molar-refractivity contribution in [2.24, 2.45) is 5.41 Å². The van der Waals surface area contributed by atoms with E-state index >= 15 is 0 Å². The Balaban J connectivity index is 1.05. The number of carbonyl (C=O) groups is 3. The van der Waals surface area contributed by atoms with Gasteiger partial charge in [-0.25, -0.2) is 0 Å². The van der Waals surface area contributed by atoms with E-state index in [4.69, 9.17) is 30.5 Å². The van der Waals surface area contributed by atoms with Gasteiger partial charge in [0, 0.05) is 42.2 Å². The molecule has 0 fully saturated rings. The molecule has 0 aliphatic rings. The average molecular weight is 862 g/mol. The maximum absolute atomic E-state index is 13.9. The van der Waals surface area contributed by atoms with Gasteiger partial charge in [0.1, 0.15) is 31.3 Å². The number of aryl methyl sites for hydroxylation is 2. The Kier molecular flexibility index (Phi) is 17.2. The van der Waals surface area contributed by atoms with Crippen molar-refractivity contribution in [1.82, 2.24) is 10.2 Å². The molecular formula is C52H61ClN2O7. The molecular weight excluding hydrogens is 800 g/mol. The third kappa shape index (κ3) is 16.0. The van der Waals surface area contributed by atoms with Gasteiger partial charge in [0.15, 0.2) is 0 Å². The highest BCUT2D eigenvalue weighted by Gasteiger charge is 2.28. The second-order valence-corrected chi connectivity index (χ2v) is 18.1. The minimum Gasteiger partial charge on any atom is -0.490 e. The SMILES string of the molecule is Cc1cc(C)cc(CNCc2ccc(COC(=O)CCC(=O)OCC(C)(C)CN(Cc3ccc(OCCOc4ccc(C(C)(C)C)cc4)cc3)C(=O)c3ccc(Cl)cc3)cc2)c1. The molecule has 0 radical (unpaired) electrons. The molecule has 0 spiro atoms. The van der Waals surface area contributed by atoms with Crippen molar-refractivity contribution in [1.29, 1.82) is 0 Å². The number of nitrogens with zero attached hydrogens (tertiary/aromatic N) is 1. The predicted molar refractivity (Wildman–Crippen MR) is 245 cm³/mol. The van der Waals surface area contributed by atoms with Crippen molar-refractivity contribution in [3.05, 3.63) is 165 Å². The van der Waals surface area contributed by atoms with Gasteiger partial charge in [-0.1, -0.05) is 124 Å². The van der Waals surface area contributed by atoms with Gasteiger partial charge in [-0.05, 0) is 95.6 Å². The number of benzene rings is 5. The lowest BCUT2D eigenvalue weighted by atomic mass is 9.87. The number of carbonyl (C=O) groups excluding carboxylic acids is 3. The van der Waals surface area contributed by atoms with Crippen LogP contribution in [0.1, 0.15) is 96.8 Å². The van der Waals surface area contributed by atoms with Crippen LogP contribution in [0.3, 0.4) is 0 Å². The van der Waals surface area contributed by atoms with E-state index in [9.17, 15) is 14.4 Å². The van der Waals surface area contributed by atoms with Crippen LogP contribution in [0.2, 0.25) is 5.02 Å². The minimum atomic E-state index is -0.615. The molecule has 0 unspecified atom stereocenters. The van der Waals surface area contributed by atoms with Crippen molar-refractivity contribution < 1.29 is 33.3 Å². The first-order chi connectivity index (χ1) is 29.5. The number of rotatable bonds is 21. The Bertz CT molecular complexity index is 2190. The second-order valence-electron chi connectivity index (χ2n) is 17.7. The quantitative estimate of drug-likeness (QED) is 0.0575. The molecule has 5 rings (SSSR count). The Morgan fingerprint density at radius 2 is 1.13 bits per heavy atom. The van der Waals surface area contributed by atoms with E-state index in [1.807, 2.05) is 74.5 Å². The summed E-state index contributed by atoms with van der Waals surface area (Å²) >= 11 is 6.12. The van der Waals surface area contributed by atoms with Gasteiger partial charge in [0.25, 0.3) is 5.91 Å². The van der Waals surface area contributed by atoms with Crippen LogP contribution < -0.4 is 14.8 Å². The van der Waals surface area contributed by atoms with Crippen LogP contribution in [-0.4, -0.2) is 49.1 Å². The van der Waals surface area contributed by atoms with Gasteiger partial charge >= 0.3 is 11.9 Å². The van der Waals surface area contributed by atoms with E-state index in [0.717, 1.165) is 35.5 Å². The van der Waals surface area contributed by atoms with Gasteiger partial charge in [-0.3, -0.25) is 14.4 Å². The smallest absolute Gasteiger partial charge is 0.306 e. The molecule has 0 aliphatic carbocycles. The highest BCUT2D eigenvalue weighted by atomic mass is 35.5. The molecule has 9 nitrogen and oxygen atoms in total. The Labute approximate surface area is 372 Å². The lowest BCUT2D eigenvalue weighted by Gasteiger charge is -2.32. The minimum absolute atomic E-state index is 0.0483. The zero-order chi connectivity index (χ0) is 44.7. The van der Waals surface area contributed by atoms with Crippen molar-refractivity contribution in [2.45, 2.75) is 93.0 Å². The van der Waals surface area contributed by atoms with Crippen LogP contribution in [0, 0.1) is 19.3 Å². The van der Waals surface area contributed by atoms with E-state index in [-0.39, 0.29) is 43.9 Å². The molecule has 5 aromatic carbocycles. The van der Waals surface area contributed by atoms with E-state index in [2.05, 4.69) is 70.3 Å². The van der Waals surface area contributed by atoms with Crippen LogP contribution in [0.4, 0.5) is 0 Å². The summed E-state index contributed by atoms with van der Waals surface area (Å²) in [6, 6.07) is 36.9. The molecule has 0 atom stereocenters. The lowest BCUT2D eigenvalue weighted by molar-refractivity contribution is -0.152. The van der Waals surface area contributed by atoms with E-state index in [0.29, 0.717) is 36.1 Å². The molecule has 0 saturated heterocycles. The maximum Gasteiger partial charge on any atom is 0.306 e. The molecule has 0 saturated carbocycles. The number of nitrogens with one attached hydrogen (secondary N) is 1. The third-order valence-corrected chi connectivity index (χ3v) is 10.4. The number of halogens is 1. The lowest BCUT2D eigenvalue weighted by Crippen LogP contribution is -2.40. The Hall–Kier alpha value is -5.64. The van der Waals surface area contributed by atoms with Crippen LogP contribution in [0.15, 0.2) is 115 Å². The number of hydrogen-bond donors (Lipinski definition) is 1. The highest BCUT2D eigenvalue weighted by Crippen LogP contribution is 2.26. The molecule has 62 heavy (non-hydrogen) atoms. The Morgan fingerprint density at radius 3 is 1.71 bits per heavy atom. The monoisotopic (exact) mass is 860 g/mol. The van der Waals surface area contributed by atoms with Crippen molar-refractivity contribution >= 4 is 29.4 Å². The number of hydrogen-bond acceptors (Lipinski definition) is 8. The summed E-state index contributed by atoms with van der Waals surface area (Å²) in [7, 11) is 0. The zero-order valence-corrected chi connectivity index (χ0v) is 38.0. The third-order valence-electron chi connectivity index (χ3n) is 10.2. The van der Waals surface area contributed by atoms with Crippen LogP contribution >= 0.6 is 11.6 Å². The summed E-state index contributed by atoms with van der Waals surface area (Å²) in [6.07, 6.45) is -0.211. The summed E-state index contributed by atoms with van der Waals surface area (Å²) in [6.45, 7) is 17.6. The molecule has 328 valence electrons. The first-order valence-corrected chi connectivity index (χ1v) is 21.6. The molecule has 1 amide bonds.